The molecule has 3 nitrogen and oxygen atoms in total. The van der Waals surface area contributed by atoms with Gasteiger partial charge >= 0.3 is 27.7 Å². The zero-order chi connectivity index (χ0) is 20.6. The Bertz CT molecular complexity index is 779. The number of benzene rings is 1. The van der Waals surface area contributed by atoms with Crippen molar-refractivity contribution in [1.29, 1.82) is 0 Å². The summed E-state index contributed by atoms with van der Waals surface area (Å²) in [6.45, 7) is 1.27. The number of allylic oxidation sites excluding steroid dienone is 1. The molecule has 0 aliphatic carbocycles. The zero-order valence-corrected chi connectivity index (χ0v) is 13.3. The fraction of sp³-hybridized carbons (Fsp3) is 0.385. The molecular formula is C13H9F9O3S. The molecule has 1 aromatic carbocycles. The molecule has 1 aromatic rings. The maximum Gasteiger partial charge on any atom is 0.534 e. The van der Waals surface area contributed by atoms with Crippen LogP contribution in [0.2, 0.25) is 0 Å². The molecule has 148 valence electrons. The topological polar surface area (TPSA) is 43.4 Å². The van der Waals surface area contributed by atoms with Crippen LogP contribution in [0.4, 0.5) is 39.5 Å². The van der Waals surface area contributed by atoms with Gasteiger partial charge in [0.2, 0.25) is 0 Å². The van der Waals surface area contributed by atoms with Crippen molar-refractivity contribution in [2.75, 3.05) is 0 Å². The van der Waals surface area contributed by atoms with E-state index in [1.165, 1.54) is 6.92 Å². The van der Waals surface area contributed by atoms with E-state index < -0.39 is 50.8 Å². The van der Waals surface area contributed by atoms with Gasteiger partial charge in [-0.05, 0) is 24.6 Å². The molecule has 0 aromatic heterocycles. The van der Waals surface area contributed by atoms with Crippen LogP contribution >= 0.6 is 0 Å². The molecule has 0 radical (unpaired) electrons. The highest BCUT2D eigenvalue weighted by atomic mass is 32.2. The van der Waals surface area contributed by atoms with Crippen LogP contribution in [0.1, 0.15) is 24.2 Å². The van der Waals surface area contributed by atoms with Crippen molar-refractivity contribution in [3.8, 4) is 5.75 Å². The summed E-state index contributed by atoms with van der Waals surface area (Å²) in [7, 11) is -6.13. The van der Waals surface area contributed by atoms with Crippen molar-refractivity contribution in [1.82, 2.24) is 0 Å². The minimum absolute atomic E-state index is 0.262. The van der Waals surface area contributed by atoms with E-state index in [1.54, 1.807) is 0 Å². The maximum atomic E-state index is 13.7. The second kappa shape index (κ2) is 7.00. The normalized spacial score (nSPS) is 15.3. The van der Waals surface area contributed by atoms with Crippen molar-refractivity contribution in [3.63, 3.8) is 0 Å². The third kappa shape index (κ3) is 4.43. The van der Waals surface area contributed by atoms with Crippen LogP contribution in [0.5, 0.6) is 5.75 Å². The Morgan fingerprint density at radius 2 is 1.58 bits per heavy atom. The summed E-state index contributed by atoms with van der Waals surface area (Å²) in [4.78, 5) is 0. The van der Waals surface area contributed by atoms with Crippen LogP contribution in [0.3, 0.4) is 0 Å². The molecule has 1 unspecified atom stereocenters. The third-order valence-electron chi connectivity index (χ3n) is 2.85. The van der Waals surface area contributed by atoms with Crippen molar-refractivity contribution in [2.24, 2.45) is 0 Å². The standard InChI is InChI=1S/C13H9F9O3S/c1-2-3-7-6-8(10(14)11(15,16)12(17,18)19)4-5-9(7)25-26(23,24)13(20,21)22/h2-6,10H,1H3. The Balaban J connectivity index is 3.38. The highest BCUT2D eigenvalue weighted by Crippen LogP contribution is 2.47. The van der Waals surface area contributed by atoms with E-state index in [9.17, 15) is 47.9 Å². The zero-order valence-electron chi connectivity index (χ0n) is 12.5. The van der Waals surface area contributed by atoms with E-state index in [2.05, 4.69) is 4.18 Å². The monoisotopic (exact) mass is 416 g/mol. The molecule has 0 spiro atoms. The molecular weight excluding hydrogens is 407 g/mol. The molecule has 0 aliphatic rings. The van der Waals surface area contributed by atoms with Gasteiger partial charge in [0.25, 0.3) is 0 Å². The minimum Gasteiger partial charge on any atom is -0.375 e. The lowest BCUT2D eigenvalue weighted by Crippen LogP contribution is -2.40. The van der Waals surface area contributed by atoms with E-state index in [0.29, 0.717) is 12.1 Å². The Morgan fingerprint density at radius 1 is 1.04 bits per heavy atom. The molecule has 0 fully saturated rings. The summed E-state index contributed by atoms with van der Waals surface area (Å²) in [5.41, 5.74) is -7.71. The highest BCUT2D eigenvalue weighted by Gasteiger charge is 2.63. The lowest BCUT2D eigenvalue weighted by molar-refractivity contribution is -0.305. The molecule has 0 heterocycles. The molecule has 0 saturated heterocycles. The van der Waals surface area contributed by atoms with Crippen LogP contribution in [-0.2, 0) is 10.1 Å². The van der Waals surface area contributed by atoms with Crippen molar-refractivity contribution in [2.45, 2.75) is 30.7 Å². The Morgan fingerprint density at radius 3 is 2.00 bits per heavy atom. The van der Waals surface area contributed by atoms with E-state index in [4.69, 9.17) is 0 Å². The second-order valence-electron chi connectivity index (χ2n) is 4.76. The Kier molecular flexibility index (Phi) is 5.96. The van der Waals surface area contributed by atoms with Crippen LogP contribution in [0.25, 0.3) is 6.08 Å². The third-order valence-corrected chi connectivity index (χ3v) is 3.82. The summed E-state index contributed by atoms with van der Waals surface area (Å²) in [6, 6.07) is 0.928. The van der Waals surface area contributed by atoms with E-state index >= 15 is 0 Å². The minimum atomic E-state index is -6.22. The summed E-state index contributed by atoms with van der Waals surface area (Å²) < 4.78 is 139. The first-order valence-corrected chi connectivity index (χ1v) is 7.81. The molecule has 0 saturated carbocycles. The Hall–Kier alpha value is -1.92. The summed E-state index contributed by atoms with van der Waals surface area (Å²) in [5, 5.41) is 0. The van der Waals surface area contributed by atoms with E-state index in [-0.39, 0.29) is 6.07 Å². The van der Waals surface area contributed by atoms with Gasteiger partial charge in [0.05, 0.1) is 0 Å². The summed E-state index contributed by atoms with van der Waals surface area (Å²) in [5.74, 6) is -6.81. The van der Waals surface area contributed by atoms with Gasteiger partial charge in [-0.25, -0.2) is 4.39 Å². The largest absolute Gasteiger partial charge is 0.534 e. The lowest BCUT2D eigenvalue weighted by atomic mass is 10.0. The fourth-order valence-electron chi connectivity index (χ4n) is 1.63. The van der Waals surface area contributed by atoms with Gasteiger partial charge in [0, 0.05) is 5.56 Å². The van der Waals surface area contributed by atoms with Crippen LogP contribution in [0, 0.1) is 0 Å². The van der Waals surface area contributed by atoms with E-state index in [1.807, 2.05) is 0 Å². The second-order valence-corrected chi connectivity index (χ2v) is 6.30. The quantitative estimate of drug-likeness (QED) is 0.379. The molecule has 1 rings (SSSR count). The number of alkyl halides is 9. The van der Waals surface area contributed by atoms with Gasteiger partial charge in [-0.1, -0.05) is 18.2 Å². The predicted molar refractivity (Wildman–Crippen MR) is 71.6 cm³/mol. The SMILES string of the molecule is CC=Cc1cc(C(F)C(F)(F)C(F)(F)F)ccc1OS(=O)(=O)C(F)(F)F. The van der Waals surface area contributed by atoms with Crippen LogP contribution in [0.15, 0.2) is 24.3 Å². The lowest BCUT2D eigenvalue weighted by Gasteiger charge is -2.23. The number of hydrogen-bond acceptors (Lipinski definition) is 3. The molecule has 1 atom stereocenters. The predicted octanol–water partition coefficient (Wildman–Crippen LogP) is 5.16. The van der Waals surface area contributed by atoms with Crippen LogP contribution in [-0.4, -0.2) is 26.0 Å². The van der Waals surface area contributed by atoms with Crippen molar-refractivity contribution in [3.05, 3.63) is 35.4 Å². The van der Waals surface area contributed by atoms with Crippen molar-refractivity contribution >= 4 is 16.2 Å². The number of rotatable bonds is 5. The molecule has 13 heteroatoms. The van der Waals surface area contributed by atoms with Gasteiger partial charge < -0.3 is 4.18 Å². The summed E-state index contributed by atoms with van der Waals surface area (Å²) >= 11 is 0. The van der Waals surface area contributed by atoms with Crippen molar-refractivity contribution < 1.29 is 52.1 Å². The summed E-state index contributed by atoms with van der Waals surface area (Å²) in [6.07, 6.45) is -8.17. The van der Waals surface area contributed by atoms with Gasteiger partial charge in [0.15, 0.2) is 6.17 Å². The first-order chi connectivity index (χ1) is 11.5. The Labute approximate surface area is 141 Å². The van der Waals surface area contributed by atoms with E-state index in [0.717, 1.165) is 12.2 Å². The van der Waals surface area contributed by atoms with Gasteiger partial charge in [0.1, 0.15) is 5.75 Å². The smallest absolute Gasteiger partial charge is 0.375 e. The number of hydrogen-bond donors (Lipinski definition) is 0. The van der Waals surface area contributed by atoms with Crippen LogP contribution < -0.4 is 4.18 Å². The molecule has 0 N–H and O–H groups in total. The fourth-order valence-corrected chi connectivity index (χ4v) is 2.11. The van der Waals surface area contributed by atoms with Gasteiger partial charge in [-0.2, -0.15) is 43.5 Å². The van der Waals surface area contributed by atoms with Gasteiger partial charge in [-0.3, -0.25) is 0 Å². The number of halogens is 9. The highest BCUT2D eigenvalue weighted by molar-refractivity contribution is 7.88. The molecule has 26 heavy (non-hydrogen) atoms. The maximum absolute atomic E-state index is 13.7. The first kappa shape index (κ1) is 22.1. The molecule has 0 bridgehead atoms. The molecule has 0 aliphatic heterocycles. The molecule has 0 amide bonds. The first-order valence-electron chi connectivity index (χ1n) is 6.40. The van der Waals surface area contributed by atoms with Gasteiger partial charge in [-0.15, -0.1) is 0 Å². The average Bonchev–Trinajstić information content (AvgIpc) is 2.46. The average molecular weight is 416 g/mol.